The van der Waals surface area contributed by atoms with Crippen LogP contribution in [0.2, 0.25) is 0 Å². The lowest BCUT2D eigenvalue weighted by Gasteiger charge is -2.12. The number of hydrogen-bond acceptors (Lipinski definition) is 4. The normalized spacial score (nSPS) is 11.8. The molecule has 3 rings (SSSR count). The van der Waals surface area contributed by atoms with Gasteiger partial charge in [0.2, 0.25) is 0 Å². The van der Waals surface area contributed by atoms with Gasteiger partial charge in [0, 0.05) is 22.1 Å². The molecule has 0 saturated heterocycles. The van der Waals surface area contributed by atoms with Gasteiger partial charge in [0.15, 0.2) is 5.78 Å². The molecule has 0 aliphatic carbocycles. The highest BCUT2D eigenvalue weighted by atomic mass is 16.3. The van der Waals surface area contributed by atoms with Gasteiger partial charge in [0.05, 0.1) is 11.9 Å². The maximum absolute atomic E-state index is 12.3. The fourth-order valence-electron chi connectivity index (χ4n) is 2.43. The average molecular weight is 363 g/mol. The van der Waals surface area contributed by atoms with Gasteiger partial charge in [-0.15, -0.1) is 0 Å². The molecule has 0 fully saturated rings. The van der Waals surface area contributed by atoms with E-state index in [1.165, 1.54) is 12.1 Å². The molecule has 1 amide bonds. The maximum atomic E-state index is 12.3. The number of benzene rings is 1. The number of nitrogens with one attached hydrogen (secondary N) is 2. The van der Waals surface area contributed by atoms with Gasteiger partial charge in [-0.3, -0.25) is 9.59 Å². The Hall–Kier alpha value is -3.41. The van der Waals surface area contributed by atoms with E-state index in [1.807, 2.05) is 26.8 Å². The number of aromatic hydroxyl groups is 1. The van der Waals surface area contributed by atoms with E-state index in [4.69, 9.17) is 0 Å². The molecule has 6 nitrogen and oxygen atoms in total. The molecule has 6 heteroatoms. The molecule has 2 aromatic heterocycles. The van der Waals surface area contributed by atoms with Crippen LogP contribution in [0.1, 0.15) is 36.8 Å². The lowest BCUT2D eigenvalue weighted by molar-refractivity contribution is -0.121. The largest absolute Gasteiger partial charge is 0.508 e. The SMILES string of the molecule is CC(C)(C)C(=O)/C=C/c1cc2cc(NC(=O)c3ccc(O)cc3)cnc2[nH]1. The molecule has 2 heterocycles. The molecule has 0 unspecified atom stereocenters. The molecule has 27 heavy (non-hydrogen) atoms. The van der Waals surface area contributed by atoms with Crippen LogP contribution in [0.25, 0.3) is 17.1 Å². The summed E-state index contributed by atoms with van der Waals surface area (Å²) in [5.74, 6) is -0.147. The van der Waals surface area contributed by atoms with Gasteiger partial charge >= 0.3 is 0 Å². The smallest absolute Gasteiger partial charge is 0.255 e. The van der Waals surface area contributed by atoms with E-state index in [9.17, 15) is 14.7 Å². The lowest BCUT2D eigenvalue weighted by Crippen LogP contribution is -2.17. The van der Waals surface area contributed by atoms with Gasteiger partial charge < -0.3 is 15.4 Å². The molecule has 3 aromatic rings. The minimum Gasteiger partial charge on any atom is -0.508 e. The van der Waals surface area contributed by atoms with Crippen LogP contribution in [-0.2, 0) is 4.79 Å². The molecule has 0 saturated carbocycles. The number of anilines is 1. The summed E-state index contributed by atoms with van der Waals surface area (Å²) in [4.78, 5) is 31.7. The van der Waals surface area contributed by atoms with Crippen molar-refractivity contribution in [2.75, 3.05) is 5.32 Å². The monoisotopic (exact) mass is 363 g/mol. The molecule has 0 bridgehead atoms. The number of fused-ring (bicyclic) bond motifs is 1. The molecular formula is C21H21N3O3. The van der Waals surface area contributed by atoms with E-state index in [0.717, 1.165) is 11.1 Å². The predicted octanol–water partition coefficient (Wildman–Crippen LogP) is 4.15. The number of H-pyrrole nitrogens is 1. The van der Waals surface area contributed by atoms with Crippen molar-refractivity contribution in [2.24, 2.45) is 5.41 Å². The third-order valence-electron chi connectivity index (χ3n) is 4.03. The number of carbonyl (C=O) groups excluding carboxylic acids is 2. The van der Waals surface area contributed by atoms with Crippen molar-refractivity contribution in [1.82, 2.24) is 9.97 Å². The van der Waals surface area contributed by atoms with E-state index in [1.54, 1.807) is 36.5 Å². The molecule has 1 aromatic carbocycles. The zero-order valence-electron chi connectivity index (χ0n) is 15.4. The van der Waals surface area contributed by atoms with E-state index < -0.39 is 5.41 Å². The number of phenols is 1. The Balaban J connectivity index is 1.77. The van der Waals surface area contributed by atoms with E-state index >= 15 is 0 Å². The fourth-order valence-corrected chi connectivity index (χ4v) is 2.43. The average Bonchev–Trinajstić information content (AvgIpc) is 3.01. The number of rotatable bonds is 4. The molecule has 0 atom stereocenters. The summed E-state index contributed by atoms with van der Waals surface area (Å²) in [6.07, 6.45) is 4.84. The van der Waals surface area contributed by atoms with Crippen LogP contribution >= 0.6 is 0 Å². The number of ketones is 1. The van der Waals surface area contributed by atoms with Crippen molar-refractivity contribution < 1.29 is 14.7 Å². The number of aromatic nitrogens is 2. The summed E-state index contributed by atoms with van der Waals surface area (Å²) < 4.78 is 0. The third-order valence-corrected chi connectivity index (χ3v) is 4.03. The number of nitrogens with zero attached hydrogens (tertiary/aromatic N) is 1. The summed E-state index contributed by atoms with van der Waals surface area (Å²) in [6.45, 7) is 5.61. The lowest BCUT2D eigenvalue weighted by atomic mass is 9.90. The first-order valence-electron chi connectivity index (χ1n) is 8.54. The maximum Gasteiger partial charge on any atom is 0.255 e. The Morgan fingerprint density at radius 1 is 1.15 bits per heavy atom. The second-order valence-corrected chi connectivity index (χ2v) is 7.34. The summed E-state index contributed by atoms with van der Waals surface area (Å²) in [7, 11) is 0. The van der Waals surface area contributed by atoms with E-state index in [0.29, 0.717) is 16.9 Å². The number of amides is 1. The quantitative estimate of drug-likeness (QED) is 0.607. The highest BCUT2D eigenvalue weighted by Gasteiger charge is 2.18. The molecule has 138 valence electrons. The topological polar surface area (TPSA) is 95.1 Å². The molecule has 3 N–H and O–H groups in total. The highest BCUT2D eigenvalue weighted by Crippen LogP contribution is 2.21. The Kier molecular flexibility index (Phi) is 4.81. The van der Waals surface area contributed by atoms with Crippen molar-refractivity contribution in [3.05, 3.63) is 59.9 Å². The first-order valence-corrected chi connectivity index (χ1v) is 8.54. The van der Waals surface area contributed by atoms with Crippen LogP contribution in [0.15, 0.2) is 48.7 Å². The van der Waals surface area contributed by atoms with Crippen molar-refractivity contribution in [3.63, 3.8) is 0 Å². The fraction of sp³-hybridized carbons (Fsp3) is 0.190. The van der Waals surface area contributed by atoms with Crippen LogP contribution in [0.5, 0.6) is 5.75 Å². The van der Waals surface area contributed by atoms with Crippen LogP contribution < -0.4 is 5.32 Å². The Morgan fingerprint density at radius 2 is 1.85 bits per heavy atom. The second kappa shape index (κ2) is 7.07. The first-order chi connectivity index (χ1) is 12.7. The molecule has 0 aliphatic heterocycles. The predicted molar refractivity (Wildman–Crippen MR) is 106 cm³/mol. The zero-order chi connectivity index (χ0) is 19.6. The number of aromatic amines is 1. The number of carbonyl (C=O) groups is 2. The van der Waals surface area contributed by atoms with Gasteiger partial charge in [0.25, 0.3) is 5.91 Å². The van der Waals surface area contributed by atoms with Crippen molar-refractivity contribution in [2.45, 2.75) is 20.8 Å². The standard InChI is InChI=1S/C21H21N3O3/c1-21(2,3)18(26)9-6-15-10-14-11-16(12-22-19(14)23-15)24-20(27)13-4-7-17(25)8-5-13/h4-12,25H,1-3H3,(H,22,23)(H,24,27)/b9-6+. The number of phenolic OH excluding ortho intramolecular Hbond substituents is 1. The van der Waals surface area contributed by atoms with Crippen LogP contribution in [0.4, 0.5) is 5.69 Å². The highest BCUT2D eigenvalue weighted by molar-refractivity contribution is 6.05. The number of hydrogen-bond donors (Lipinski definition) is 3. The summed E-state index contributed by atoms with van der Waals surface area (Å²) in [5, 5.41) is 12.9. The number of pyridine rings is 1. The molecule has 0 radical (unpaired) electrons. The number of allylic oxidation sites excluding steroid dienone is 1. The van der Waals surface area contributed by atoms with Crippen LogP contribution in [0, 0.1) is 5.41 Å². The van der Waals surface area contributed by atoms with Gasteiger partial charge in [-0.25, -0.2) is 4.98 Å². The second-order valence-electron chi connectivity index (χ2n) is 7.34. The molecule has 0 aliphatic rings. The Bertz CT molecular complexity index is 1030. The van der Waals surface area contributed by atoms with Crippen molar-refractivity contribution in [1.29, 1.82) is 0 Å². The summed E-state index contributed by atoms with van der Waals surface area (Å²) in [6, 6.07) is 9.68. The van der Waals surface area contributed by atoms with Crippen LogP contribution in [-0.4, -0.2) is 26.8 Å². The zero-order valence-corrected chi connectivity index (χ0v) is 15.4. The minimum absolute atomic E-state index is 0.0379. The van der Waals surface area contributed by atoms with E-state index in [2.05, 4.69) is 15.3 Å². The summed E-state index contributed by atoms with van der Waals surface area (Å²) in [5.41, 5.74) is 2.00. The van der Waals surface area contributed by atoms with Gasteiger partial charge in [-0.2, -0.15) is 0 Å². The molecule has 0 spiro atoms. The van der Waals surface area contributed by atoms with Crippen molar-refractivity contribution in [3.8, 4) is 5.75 Å². The minimum atomic E-state index is -0.424. The van der Waals surface area contributed by atoms with Crippen molar-refractivity contribution >= 4 is 34.5 Å². The van der Waals surface area contributed by atoms with Gasteiger partial charge in [0.1, 0.15) is 11.4 Å². The third kappa shape index (κ3) is 4.41. The van der Waals surface area contributed by atoms with Gasteiger partial charge in [-0.05, 0) is 48.6 Å². The summed E-state index contributed by atoms with van der Waals surface area (Å²) >= 11 is 0. The first kappa shape index (κ1) is 18.4. The van der Waals surface area contributed by atoms with Gasteiger partial charge in [-0.1, -0.05) is 20.8 Å². The Labute approximate surface area is 156 Å². The van der Waals surface area contributed by atoms with E-state index in [-0.39, 0.29) is 17.4 Å². The van der Waals surface area contributed by atoms with Crippen LogP contribution in [0.3, 0.4) is 0 Å². The molecular weight excluding hydrogens is 342 g/mol. The Morgan fingerprint density at radius 3 is 2.52 bits per heavy atom.